The van der Waals surface area contributed by atoms with Crippen molar-refractivity contribution in [2.45, 2.75) is 59.2 Å². The molecule has 2 aromatic rings. The van der Waals surface area contributed by atoms with Crippen molar-refractivity contribution in [2.24, 2.45) is 0 Å². The molecule has 0 heterocycles. The summed E-state index contributed by atoms with van der Waals surface area (Å²) in [6, 6.07) is 14.5. The first kappa shape index (κ1) is 24.3. The van der Waals surface area contributed by atoms with Crippen molar-refractivity contribution in [3.05, 3.63) is 59.7 Å². The largest absolute Gasteiger partial charge is 0.497 e. The van der Waals surface area contributed by atoms with Gasteiger partial charge in [0.1, 0.15) is 17.5 Å². The second-order valence-corrected chi connectivity index (χ2v) is 7.71. The van der Waals surface area contributed by atoms with Crippen LogP contribution in [-0.4, -0.2) is 42.5 Å². The predicted molar refractivity (Wildman–Crippen MR) is 122 cm³/mol. The monoisotopic (exact) mass is 426 g/mol. The highest BCUT2D eigenvalue weighted by Gasteiger charge is 2.29. The number of methoxy groups -OCH3 is 1. The van der Waals surface area contributed by atoms with Gasteiger partial charge >= 0.3 is 0 Å². The second kappa shape index (κ2) is 12.0. The highest BCUT2D eigenvalue weighted by atomic mass is 16.5. The molecule has 2 rings (SSSR count). The van der Waals surface area contributed by atoms with Gasteiger partial charge in [0.2, 0.25) is 5.91 Å². The minimum Gasteiger partial charge on any atom is -0.497 e. The molecule has 0 fully saturated rings. The normalized spacial score (nSPS) is 12.5. The summed E-state index contributed by atoms with van der Waals surface area (Å²) in [5.41, 5.74) is 2.12. The standard InChI is InChI=1S/C25H34N2O4/c1-6-19(4)26-25(29)23(7-2)27(16-20-10-8-18(3)9-11-20)24(28)17-31-22-14-12-21(30-5)13-15-22/h8-15,19,23H,6-7,16-17H2,1-5H3,(H,26,29)/t19-,23-/m1/s1. The maximum atomic E-state index is 13.2. The molecule has 0 aliphatic heterocycles. The third-order valence-electron chi connectivity index (χ3n) is 5.28. The molecule has 0 saturated heterocycles. The topological polar surface area (TPSA) is 67.9 Å². The number of amides is 2. The van der Waals surface area contributed by atoms with Gasteiger partial charge in [0.05, 0.1) is 7.11 Å². The van der Waals surface area contributed by atoms with Crippen molar-refractivity contribution in [1.29, 1.82) is 0 Å². The number of nitrogens with one attached hydrogen (secondary N) is 1. The Balaban J connectivity index is 2.18. The Morgan fingerprint density at radius 2 is 1.58 bits per heavy atom. The van der Waals surface area contributed by atoms with Crippen LogP contribution in [0.4, 0.5) is 0 Å². The Labute approximate surface area is 185 Å². The van der Waals surface area contributed by atoms with Crippen LogP contribution < -0.4 is 14.8 Å². The Bertz CT molecular complexity index is 834. The smallest absolute Gasteiger partial charge is 0.261 e. The molecule has 0 radical (unpaired) electrons. The average Bonchev–Trinajstić information content (AvgIpc) is 2.78. The van der Waals surface area contributed by atoms with Crippen LogP contribution in [0.5, 0.6) is 11.5 Å². The summed E-state index contributed by atoms with van der Waals surface area (Å²) in [5.74, 6) is 0.915. The van der Waals surface area contributed by atoms with Gasteiger partial charge in [-0.15, -0.1) is 0 Å². The summed E-state index contributed by atoms with van der Waals surface area (Å²) < 4.78 is 10.8. The Morgan fingerprint density at radius 1 is 0.968 bits per heavy atom. The molecule has 0 aromatic heterocycles. The first-order valence-electron chi connectivity index (χ1n) is 10.8. The summed E-state index contributed by atoms with van der Waals surface area (Å²) in [7, 11) is 1.59. The maximum Gasteiger partial charge on any atom is 0.261 e. The van der Waals surface area contributed by atoms with Gasteiger partial charge in [-0.25, -0.2) is 0 Å². The van der Waals surface area contributed by atoms with Crippen molar-refractivity contribution < 1.29 is 19.1 Å². The van der Waals surface area contributed by atoms with Crippen molar-refractivity contribution in [1.82, 2.24) is 10.2 Å². The number of hydrogen-bond donors (Lipinski definition) is 1. The van der Waals surface area contributed by atoms with E-state index in [1.54, 1.807) is 36.3 Å². The van der Waals surface area contributed by atoms with E-state index in [2.05, 4.69) is 5.32 Å². The van der Waals surface area contributed by atoms with Crippen LogP contribution >= 0.6 is 0 Å². The summed E-state index contributed by atoms with van der Waals surface area (Å²) in [6.45, 7) is 8.11. The maximum absolute atomic E-state index is 13.2. The van der Waals surface area contributed by atoms with E-state index in [9.17, 15) is 9.59 Å². The molecule has 6 nitrogen and oxygen atoms in total. The van der Waals surface area contributed by atoms with E-state index >= 15 is 0 Å². The highest BCUT2D eigenvalue weighted by molar-refractivity contribution is 5.88. The van der Waals surface area contributed by atoms with Gasteiger partial charge in [-0.3, -0.25) is 9.59 Å². The Kier molecular flexibility index (Phi) is 9.38. The van der Waals surface area contributed by atoms with Gasteiger partial charge in [0.15, 0.2) is 6.61 Å². The van der Waals surface area contributed by atoms with Crippen LogP contribution in [0.15, 0.2) is 48.5 Å². The van der Waals surface area contributed by atoms with E-state index in [4.69, 9.17) is 9.47 Å². The number of carbonyl (C=O) groups excluding carboxylic acids is 2. The molecule has 6 heteroatoms. The first-order valence-corrected chi connectivity index (χ1v) is 10.8. The van der Waals surface area contributed by atoms with Crippen LogP contribution in [0.1, 0.15) is 44.7 Å². The molecule has 168 valence electrons. The summed E-state index contributed by atoms with van der Waals surface area (Å²) in [5, 5.41) is 3.01. The molecule has 0 bridgehead atoms. The zero-order valence-electron chi connectivity index (χ0n) is 19.2. The summed E-state index contributed by atoms with van der Waals surface area (Å²) in [4.78, 5) is 27.7. The van der Waals surface area contributed by atoms with E-state index in [-0.39, 0.29) is 24.5 Å². The van der Waals surface area contributed by atoms with Gasteiger partial charge < -0.3 is 19.7 Å². The number of ether oxygens (including phenoxy) is 2. The molecule has 0 aliphatic carbocycles. The third kappa shape index (κ3) is 7.31. The van der Waals surface area contributed by atoms with E-state index in [0.717, 1.165) is 17.5 Å². The Morgan fingerprint density at radius 3 is 2.13 bits per heavy atom. The molecule has 1 N–H and O–H groups in total. The fourth-order valence-corrected chi connectivity index (χ4v) is 3.15. The average molecular weight is 427 g/mol. The molecule has 2 amide bonds. The predicted octanol–water partition coefficient (Wildman–Crippen LogP) is 4.10. The van der Waals surface area contributed by atoms with Crippen LogP contribution in [0.3, 0.4) is 0 Å². The fraction of sp³-hybridized carbons (Fsp3) is 0.440. The Hall–Kier alpha value is -3.02. The number of rotatable bonds is 11. The molecule has 0 saturated carbocycles. The van der Waals surface area contributed by atoms with Gasteiger partial charge in [-0.05, 0) is 56.5 Å². The van der Waals surface area contributed by atoms with Crippen molar-refractivity contribution in [3.63, 3.8) is 0 Å². The van der Waals surface area contributed by atoms with Crippen molar-refractivity contribution in [3.8, 4) is 11.5 Å². The second-order valence-electron chi connectivity index (χ2n) is 7.71. The van der Waals surface area contributed by atoms with Gasteiger partial charge in [0, 0.05) is 12.6 Å². The lowest BCUT2D eigenvalue weighted by molar-refractivity contribution is -0.143. The molecular weight excluding hydrogens is 392 g/mol. The van der Waals surface area contributed by atoms with Crippen LogP contribution in [0, 0.1) is 6.92 Å². The van der Waals surface area contributed by atoms with E-state index < -0.39 is 6.04 Å². The quantitative estimate of drug-likeness (QED) is 0.587. The van der Waals surface area contributed by atoms with Gasteiger partial charge in [0.25, 0.3) is 5.91 Å². The molecule has 0 spiro atoms. The van der Waals surface area contributed by atoms with Crippen LogP contribution in [-0.2, 0) is 16.1 Å². The zero-order valence-corrected chi connectivity index (χ0v) is 19.2. The minimum atomic E-state index is -0.567. The number of nitrogens with zero attached hydrogens (tertiary/aromatic N) is 1. The van der Waals surface area contributed by atoms with Crippen LogP contribution in [0.2, 0.25) is 0 Å². The molecular formula is C25H34N2O4. The van der Waals surface area contributed by atoms with E-state index in [1.807, 2.05) is 52.0 Å². The number of benzene rings is 2. The van der Waals surface area contributed by atoms with Crippen molar-refractivity contribution >= 4 is 11.8 Å². The lowest BCUT2D eigenvalue weighted by atomic mass is 10.1. The molecule has 2 atom stereocenters. The highest BCUT2D eigenvalue weighted by Crippen LogP contribution is 2.18. The summed E-state index contributed by atoms with van der Waals surface area (Å²) >= 11 is 0. The van der Waals surface area contributed by atoms with E-state index in [1.165, 1.54) is 0 Å². The SMILES string of the molecule is CC[C@@H](C)NC(=O)[C@@H](CC)N(Cc1ccc(C)cc1)C(=O)COc1ccc(OC)cc1. The third-order valence-corrected chi connectivity index (χ3v) is 5.28. The van der Waals surface area contributed by atoms with Crippen LogP contribution in [0.25, 0.3) is 0 Å². The van der Waals surface area contributed by atoms with Gasteiger partial charge in [-0.2, -0.15) is 0 Å². The molecule has 31 heavy (non-hydrogen) atoms. The number of aryl methyl sites for hydroxylation is 1. The lowest BCUT2D eigenvalue weighted by Gasteiger charge is -2.31. The molecule has 0 aliphatic rings. The number of carbonyl (C=O) groups is 2. The molecule has 0 unspecified atom stereocenters. The van der Waals surface area contributed by atoms with Crippen molar-refractivity contribution in [2.75, 3.05) is 13.7 Å². The minimum absolute atomic E-state index is 0.0495. The molecule has 2 aromatic carbocycles. The fourth-order valence-electron chi connectivity index (χ4n) is 3.15. The summed E-state index contributed by atoms with van der Waals surface area (Å²) in [6.07, 6.45) is 1.34. The first-order chi connectivity index (χ1) is 14.9. The lowest BCUT2D eigenvalue weighted by Crippen LogP contribution is -2.51. The zero-order chi connectivity index (χ0) is 22.8. The van der Waals surface area contributed by atoms with E-state index in [0.29, 0.717) is 24.5 Å². The number of hydrogen-bond acceptors (Lipinski definition) is 4. The van der Waals surface area contributed by atoms with Gasteiger partial charge in [-0.1, -0.05) is 43.7 Å².